The molecule has 2 aromatic rings. The highest BCUT2D eigenvalue weighted by Gasteiger charge is 2.12. The average molecular weight is 333 g/mol. The van der Waals surface area contributed by atoms with Gasteiger partial charge in [0.1, 0.15) is 0 Å². The third-order valence-corrected chi connectivity index (χ3v) is 3.63. The Bertz CT molecular complexity index is 653. The first-order chi connectivity index (χ1) is 9.51. The second kappa shape index (κ2) is 6.09. The summed E-state index contributed by atoms with van der Waals surface area (Å²) in [6.45, 7) is 3.94. The highest BCUT2D eigenvalue weighted by Crippen LogP contribution is 2.23. The van der Waals surface area contributed by atoms with E-state index in [1.165, 1.54) is 0 Å². The number of nitrogens with one attached hydrogen (secondary N) is 2. The van der Waals surface area contributed by atoms with Crippen molar-refractivity contribution in [3.8, 4) is 0 Å². The number of anilines is 2. The van der Waals surface area contributed by atoms with Crippen LogP contribution < -0.4 is 10.6 Å². The van der Waals surface area contributed by atoms with Crippen LogP contribution >= 0.6 is 15.9 Å². The first-order valence-electron chi connectivity index (χ1n) is 6.37. The predicted molar refractivity (Wildman–Crippen MR) is 87.6 cm³/mol. The van der Waals surface area contributed by atoms with Gasteiger partial charge in [-0.25, -0.2) is 0 Å². The fraction of sp³-hybridized carbons (Fsp3) is 0.188. The SMILES string of the molecule is CNc1ccc(C)cc1C(=O)Nc1cc(Br)ccc1C. The molecular weight excluding hydrogens is 316 g/mol. The van der Waals surface area contributed by atoms with E-state index in [2.05, 4.69) is 26.6 Å². The number of carbonyl (C=O) groups is 1. The van der Waals surface area contributed by atoms with Crippen molar-refractivity contribution in [2.75, 3.05) is 17.7 Å². The van der Waals surface area contributed by atoms with Crippen LogP contribution in [0, 0.1) is 13.8 Å². The molecule has 0 aliphatic heterocycles. The summed E-state index contributed by atoms with van der Waals surface area (Å²) in [5, 5.41) is 6.01. The molecule has 104 valence electrons. The van der Waals surface area contributed by atoms with Crippen LogP contribution in [0.4, 0.5) is 11.4 Å². The molecule has 0 spiro atoms. The highest BCUT2D eigenvalue weighted by molar-refractivity contribution is 9.10. The zero-order chi connectivity index (χ0) is 14.7. The predicted octanol–water partition coefficient (Wildman–Crippen LogP) is 4.36. The van der Waals surface area contributed by atoms with E-state index in [-0.39, 0.29) is 5.91 Å². The van der Waals surface area contributed by atoms with Gasteiger partial charge in [-0.2, -0.15) is 0 Å². The number of aryl methyl sites for hydroxylation is 2. The van der Waals surface area contributed by atoms with Crippen LogP contribution in [0.2, 0.25) is 0 Å². The minimum atomic E-state index is -0.112. The van der Waals surface area contributed by atoms with Gasteiger partial charge in [0, 0.05) is 22.9 Å². The van der Waals surface area contributed by atoms with E-state index in [9.17, 15) is 4.79 Å². The van der Waals surface area contributed by atoms with E-state index in [0.717, 1.165) is 27.0 Å². The van der Waals surface area contributed by atoms with Crippen molar-refractivity contribution in [3.63, 3.8) is 0 Å². The summed E-state index contributed by atoms with van der Waals surface area (Å²) in [6.07, 6.45) is 0. The van der Waals surface area contributed by atoms with Gasteiger partial charge < -0.3 is 10.6 Å². The van der Waals surface area contributed by atoms with Crippen LogP contribution in [0.15, 0.2) is 40.9 Å². The van der Waals surface area contributed by atoms with E-state index in [0.29, 0.717) is 5.56 Å². The molecule has 0 atom stereocenters. The van der Waals surface area contributed by atoms with Gasteiger partial charge in [-0.3, -0.25) is 4.79 Å². The van der Waals surface area contributed by atoms with Crippen LogP contribution in [0.5, 0.6) is 0 Å². The zero-order valence-corrected chi connectivity index (χ0v) is 13.3. The molecule has 1 amide bonds. The lowest BCUT2D eigenvalue weighted by Gasteiger charge is -2.12. The summed E-state index contributed by atoms with van der Waals surface area (Å²) in [5.74, 6) is -0.112. The first-order valence-corrected chi connectivity index (χ1v) is 7.16. The summed E-state index contributed by atoms with van der Waals surface area (Å²) >= 11 is 3.42. The zero-order valence-electron chi connectivity index (χ0n) is 11.8. The smallest absolute Gasteiger partial charge is 0.257 e. The summed E-state index contributed by atoms with van der Waals surface area (Å²) in [7, 11) is 1.81. The molecule has 0 aromatic heterocycles. The summed E-state index contributed by atoms with van der Waals surface area (Å²) in [6, 6.07) is 11.6. The number of hydrogen-bond donors (Lipinski definition) is 2. The van der Waals surface area contributed by atoms with Crippen molar-refractivity contribution in [2.45, 2.75) is 13.8 Å². The molecular formula is C16H17BrN2O. The Balaban J connectivity index is 2.32. The largest absolute Gasteiger partial charge is 0.387 e. The topological polar surface area (TPSA) is 41.1 Å². The minimum absolute atomic E-state index is 0.112. The molecule has 0 heterocycles. The molecule has 20 heavy (non-hydrogen) atoms. The lowest BCUT2D eigenvalue weighted by molar-refractivity contribution is 0.102. The Kier molecular flexibility index (Phi) is 4.45. The van der Waals surface area contributed by atoms with Crippen molar-refractivity contribution < 1.29 is 4.79 Å². The van der Waals surface area contributed by atoms with Gasteiger partial charge in [0.15, 0.2) is 0 Å². The standard InChI is InChI=1S/C16H17BrN2O/c1-10-4-7-14(18-3)13(8-10)16(20)19-15-9-12(17)6-5-11(15)2/h4-9,18H,1-3H3,(H,19,20). The van der Waals surface area contributed by atoms with Crippen LogP contribution in [0.25, 0.3) is 0 Å². The number of benzene rings is 2. The van der Waals surface area contributed by atoms with Gasteiger partial charge in [0.05, 0.1) is 5.56 Å². The number of hydrogen-bond acceptors (Lipinski definition) is 2. The van der Waals surface area contributed by atoms with Crippen molar-refractivity contribution in [1.82, 2.24) is 0 Å². The molecule has 3 nitrogen and oxygen atoms in total. The lowest BCUT2D eigenvalue weighted by Crippen LogP contribution is -2.15. The minimum Gasteiger partial charge on any atom is -0.387 e. The van der Waals surface area contributed by atoms with Crippen LogP contribution in [-0.4, -0.2) is 13.0 Å². The molecule has 0 saturated carbocycles. The Morgan fingerprint density at radius 3 is 2.50 bits per heavy atom. The maximum absolute atomic E-state index is 12.4. The van der Waals surface area contributed by atoms with Crippen molar-refractivity contribution >= 4 is 33.2 Å². The molecule has 0 bridgehead atoms. The van der Waals surface area contributed by atoms with Crippen molar-refractivity contribution in [3.05, 3.63) is 57.6 Å². The highest BCUT2D eigenvalue weighted by atomic mass is 79.9. The molecule has 0 aliphatic rings. The third-order valence-electron chi connectivity index (χ3n) is 3.14. The molecule has 0 aliphatic carbocycles. The molecule has 4 heteroatoms. The Labute approximate surface area is 127 Å². The Hall–Kier alpha value is -1.81. The van der Waals surface area contributed by atoms with Gasteiger partial charge in [0.25, 0.3) is 5.91 Å². The van der Waals surface area contributed by atoms with Crippen LogP contribution in [0.1, 0.15) is 21.5 Å². The molecule has 2 aromatic carbocycles. The maximum Gasteiger partial charge on any atom is 0.257 e. The van der Waals surface area contributed by atoms with E-state index in [1.54, 1.807) is 0 Å². The van der Waals surface area contributed by atoms with E-state index >= 15 is 0 Å². The summed E-state index contributed by atoms with van der Waals surface area (Å²) in [4.78, 5) is 12.4. The normalized spacial score (nSPS) is 10.2. The maximum atomic E-state index is 12.4. The average Bonchev–Trinajstić information content (AvgIpc) is 2.42. The lowest BCUT2D eigenvalue weighted by atomic mass is 10.1. The summed E-state index contributed by atoms with van der Waals surface area (Å²) in [5.41, 5.74) is 4.36. The van der Waals surface area contributed by atoms with Gasteiger partial charge in [-0.05, 0) is 43.7 Å². The first kappa shape index (κ1) is 14.6. The number of rotatable bonds is 3. The van der Waals surface area contributed by atoms with Crippen LogP contribution in [-0.2, 0) is 0 Å². The Morgan fingerprint density at radius 1 is 1.05 bits per heavy atom. The fourth-order valence-corrected chi connectivity index (χ4v) is 2.34. The second-order valence-electron chi connectivity index (χ2n) is 4.71. The Morgan fingerprint density at radius 2 is 1.80 bits per heavy atom. The van der Waals surface area contributed by atoms with E-state index < -0.39 is 0 Å². The monoisotopic (exact) mass is 332 g/mol. The van der Waals surface area contributed by atoms with E-state index in [1.807, 2.05) is 57.3 Å². The molecule has 2 N–H and O–H groups in total. The molecule has 0 fully saturated rings. The molecule has 0 unspecified atom stereocenters. The summed E-state index contributed by atoms with van der Waals surface area (Å²) < 4.78 is 0.941. The van der Waals surface area contributed by atoms with Crippen LogP contribution in [0.3, 0.4) is 0 Å². The van der Waals surface area contributed by atoms with Crippen molar-refractivity contribution in [2.24, 2.45) is 0 Å². The third kappa shape index (κ3) is 3.20. The van der Waals surface area contributed by atoms with Gasteiger partial charge in [0.2, 0.25) is 0 Å². The molecule has 0 radical (unpaired) electrons. The number of carbonyl (C=O) groups excluding carboxylic acids is 1. The van der Waals surface area contributed by atoms with E-state index in [4.69, 9.17) is 0 Å². The van der Waals surface area contributed by atoms with Gasteiger partial charge >= 0.3 is 0 Å². The molecule has 0 saturated heterocycles. The van der Waals surface area contributed by atoms with Gasteiger partial charge in [-0.15, -0.1) is 0 Å². The quantitative estimate of drug-likeness (QED) is 0.876. The number of amides is 1. The molecule has 2 rings (SSSR count). The fourth-order valence-electron chi connectivity index (χ4n) is 1.98. The number of halogens is 1. The van der Waals surface area contributed by atoms with Gasteiger partial charge in [-0.1, -0.05) is 33.6 Å². The van der Waals surface area contributed by atoms with Crippen molar-refractivity contribution in [1.29, 1.82) is 0 Å². The second-order valence-corrected chi connectivity index (χ2v) is 5.63.